The lowest BCUT2D eigenvalue weighted by Gasteiger charge is -2.10. The van der Waals surface area contributed by atoms with Crippen LogP contribution in [0.15, 0.2) is 48.5 Å². The average Bonchev–Trinajstić information content (AvgIpc) is 2.64. The second-order valence-electron chi connectivity index (χ2n) is 5.22. The van der Waals surface area contributed by atoms with Crippen molar-refractivity contribution in [3.05, 3.63) is 65.2 Å². The molecule has 1 N–H and O–H groups in total. The van der Waals surface area contributed by atoms with Crippen LogP contribution >= 0.6 is 0 Å². The second kappa shape index (κ2) is 8.72. The maximum Gasteiger partial charge on any atom is 0.337 e. The molecule has 0 saturated carbocycles. The van der Waals surface area contributed by atoms with Crippen LogP contribution in [-0.2, 0) is 22.5 Å². The van der Waals surface area contributed by atoms with Gasteiger partial charge in [0.2, 0.25) is 0 Å². The number of carbonyl (C=O) groups excluding carboxylic acids is 2. The predicted molar refractivity (Wildman–Crippen MR) is 90.9 cm³/mol. The fourth-order valence-corrected chi connectivity index (χ4v) is 2.21. The van der Waals surface area contributed by atoms with Crippen LogP contribution < -0.4 is 10.1 Å². The fourth-order valence-electron chi connectivity index (χ4n) is 2.21. The number of methoxy groups -OCH3 is 1. The molecule has 0 aliphatic heterocycles. The van der Waals surface area contributed by atoms with E-state index >= 15 is 0 Å². The number of para-hydroxylation sites is 1. The molecule has 0 aliphatic carbocycles. The summed E-state index contributed by atoms with van der Waals surface area (Å²) in [5.41, 5.74) is 2.45. The van der Waals surface area contributed by atoms with Crippen LogP contribution in [0.25, 0.3) is 0 Å². The number of aryl methyl sites for hydroxylation is 1. The highest BCUT2D eigenvalue weighted by Gasteiger charge is 2.07. The van der Waals surface area contributed by atoms with Crippen LogP contribution in [0, 0.1) is 0 Å². The van der Waals surface area contributed by atoms with Gasteiger partial charge in [-0.05, 0) is 35.7 Å². The Hall–Kier alpha value is -2.82. The Morgan fingerprint density at radius 3 is 2.42 bits per heavy atom. The molecule has 0 radical (unpaired) electrons. The van der Waals surface area contributed by atoms with Crippen LogP contribution in [0.3, 0.4) is 0 Å². The van der Waals surface area contributed by atoms with Crippen molar-refractivity contribution in [2.75, 3.05) is 13.7 Å². The van der Waals surface area contributed by atoms with Gasteiger partial charge in [0.25, 0.3) is 5.91 Å². The van der Waals surface area contributed by atoms with Gasteiger partial charge in [-0.1, -0.05) is 37.3 Å². The topological polar surface area (TPSA) is 64.6 Å². The SMILES string of the molecule is CCc1ccccc1OCC(=O)NCc1ccc(C(=O)OC)cc1. The molecular weight excluding hydrogens is 306 g/mol. The van der Waals surface area contributed by atoms with E-state index in [0.717, 1.165) is 23.3 Å². The van der Waals surface area contributed by atoms with Crippen LogP contribution in [0.5, 0.6) is 5.75 Å². The number of carbonyl (C=O) groups is 2. The second-order valence-corrected chi connectivity index (χ2v) is 5.22. The van der Waals surface area contributed by atoms with Gasteiger partial charge < -0.3 is 14.8 Å². The maximum atomic E-state index is 11.9. The summed E-state index contributed by atoms with van der Waals surface area (Å²) in [6.07, 6.45) is 0.852. The molecule has 0 bridgehead atoms. The third kappa shape index (κ3) is 4.84. The van der Waals surface area contributed by atoms with E-state index in [-0.39, 0.29) is 18.5 Å². The van der Waals surface area contributed by atoms with E-state index in [1.807, 2.05) is 31.2 Å². The molecule has 0 unspecified atom stereocenters. The first-order chi connectivity index (χ1) is 11.6. The van der Waals surface area contributed by atoms with Crippen LogP contribution in [0.2, 0.25) is 0 Å². The van der Waals surface area contributed by atoms with E-state index in [1.54, 1.807) is 24.3 Å². The Morgan fingerprint density at radius 1 is 1.04 bits per heavy atom. The van der Waals surface area contributed by atoms with Gasteiger partial charge in [-0.15, -0.1) is 0 Å². The van der Waals surface area contributed by atoms with Gasteiger partial charge in [0.1, 0.15) is 5.75 Å². The van der Waals surface area contributed by atoms with Crippen molar-refractivity contribution in [3.8, 4) is 5.75 Å². The standard InChI is InChI=1S/C19H21NO4/c1-3-15-6-4-5-7-17(15)24-13-18(21)20-12-14-8-10-16(11-9-14)19(22)23-2/h4-11H,3,12-13H2,1-2H3,(H,20,21). The fraction of sp³-hybridized carbons (Fsp3) is 0.263. The van der Waals surface area contributed by atoms with Crippen molar-refractivity contribution in [2.45, 2.75) is 19.9 Å². The first-order valence-electron chi connectivity index (χ1n) is 7.78. The summed E-state index contributed by atoms with van der Waals surface area (Å²) < 4.78 is 10.2. The van der Waals surface area contributed by atoms with E-state index in [9.17, 15) is 9.59 Å². The lowest BCUT2D eigenvalue weighted by molar-refractivity contribution is -0.123. The molecule has 5 nitrogen and oxygen atoms in total. The molecule has 2 rings (SSSR count). The van der Waals surface area contributed by atoms with Crippen molar-refractivity contribution in [1.82, 2.24) is 5.32 Å². The molecule has 0 aliphatic rings. The summed E-state index contributed by atoms with van der Waals surface area (Å²) in [4.78, 5) is 23.3. The van der Waals surface area contributed by atoms with Gasteiger partial charge >= 0.3 is 5.97 Å². The Labute approximate surface area is 141 Å². The highest BCUT2D eigenvalue weighted by atomic mass is 16.5. The van der Waals surface area contributed by atoms with Crippen LogP contribution in [0.1, 0.15) is 28.4 Å². The molecule has 0 heterocycles. The minimum Gasteiger partial charge on any atom is -0.483 e. The summed E-state index contributed by atoms with van der Waals surface area (Å²) >= 11 is 0. The summed E-state index contributed by atoms with van der Waals surface area (Å²) in [5, 5.41) is 2.79. The van der Waals surface area contributed by atoms with Crippen molar-refractivity contribution in [3.63, 3.8) is 0 Å². The molecule has 0 atom stereocenters. The average molecular weight is 327 g/mol. The van der Waals surface area contributed by atoms with E-state index in [0.29, 0.717) is 12.1 Å². The number of nitrogens with one attached hydrogen (secondary N) is 1. The zero-order valence-corrected chi connectivity index (χ0v) is 13.9. The summed E-state index contributed by atoms with van der Waals surface area (Å²) in [5.74, 6) is 0.157. The third-order valence-electron chi connectivity index (χ3n) is 3.58. The van der Waals surface area contributed by atoms with E-state index in [2.05, 4.69) is 10.1 Å². The quantitative estimate of drug-likeness (QED) is 0.794. The van der Waals surface area contributed by atoms with Gasteiger partial charge in [-0.25, -0.2) is 4.79 Å². The zero-order valence-electron chi connectivity index (χ0n) is 13.9. The van der Waals surface area contributed by atoms with Crippen LogP contribution in [0.4, 0.5) is 0 Å². The van der Waals surface area contributed by atoms with Crippen molar-refractivity contribution >= 4 is 11.9 Å². The summed E-state index contributed by atoms with van der Waals surface area (Å²) in [6, 6.07) is 14.6. The van der Waals surface area contributed by atoms with E-state index < -0.39 is 0 Å². The maximum absolute atomic E-state index is 11.9. The molecule has 2 aromatic carbocycles. The van der Waals surface area contributed by atoms with Crippen molar-refractivity contribution in [2.24, 2.45) is 0 Å². The molecule has 0 aromatic heterocycles. The molecule has 2 aromatic rings. The smallest absolute Gasteiger partial charge is 0.337 e. The predicted octanol–water partition coefficient (Wildman–Crippen LogP) is 2.73. The normalized spacial score (nSPS) is 10.1. The Morgan fingerprint density at radius 2 is 1.75 bits per heavy atom. The molecular formula is C19H21NO4. The highest BCUT2D eigenvalue weighted by Crippen LogP contribution is 2.17. The monoisotopic (exact) mass is 327 g/mol. The summed E-state index contributed by atoms with van der Waals surface area (Å²) in [6.45, 7) is 2.39. The number of rotatable bonds is 7. The minimum absolute atomic E-state index is 0.0305. The zero-order chi connectivity index (χ0) is 17.4. The number of hydrogen-bond donors (Lipinski definition) is 1. The number of hydrogen-bond acceptors (Lipinski definition) is 4. The minimum atomic E-state index is -0.381. The molecule has 126 valence electrons. The van der Waals surface area contributed by atoms with Crippen molar-refractivity contribution in [1.29, 1.82) is 0 Å². The van der Waals surface area contributed by atoms with Gasteiger partial charge in [0.05, 0.1) is 12.7 Å². The lowest BCUT2D eigenvalue weighted by Crippen LogP contribution is -2.28. The number of amides is 1. The van der Waals surface area contributed by atoms with E-state index in [4.69, 9.17) is 4.74 Å². The number of ether oxygens (including phenoxy) is 2. The highest BCUT2D eigenvalue weighted by molar-refractivity contribution is 5.89. The Bertz CT molecular complexity index is 695. The Kier molecular flexibility index (Phi) is 6.37. The van der Waals surface area contributed by atoms with Gasteiger partial charge in [0, 0.05) is 6.54 Å². The molecule has 0 spiro atoms. The van der Waals surface area contributed by atoms with Crippen LogP contribution in [-0.4, -0.2) is 25.6 Å². The molecule has 5 heteroatoms. The van der Waals surface area contributed by atoms with E-state index in [1.165, 1.54) is 7.11 Å². The molecule has 1 amide bonds. The summed E-state index contributed by atoms with van der Waals surface area (Å²) in [7, 11) is 1.34. The first kappa shape index (κ1) is 17.5. The van der Waals surface area contributed by atoms with Gasteiger partial charge in [0.15, 0.2) is 6.61 Å². The molecule has 0 saturated heterocycles. The number of esters is 1. The third-order valence-corrected chi connectivity index (χ3v) is 3.58. The molecule has 24 heavy (non-hydrogen) atoms. The molecule has 0 fully saturated rings. The number of benzene rings is 2. The first-order valence-corrected chi connectivity index (χ1v) is 7.78. The van der Waals surface area contributed by atoms with Crippen molar-refractivity contribution < 1.29 is 19.1 Å². The van der Waals surface area contributed by atoms with Gasteiger partial charge in [-0.2, -0.15) is 0 Å². The lowest BCUT2D eigenvalue weighted by atomic mass is 10.1. The Balaban J connectivity index is 1.82. The largest absolute Gasteiger partial charge is 0.483 e. The van der Waals surface area contributed by atoms with Gasteiger partial charge in [-0.3, -0.25) is 4.79 Å².